The molecule has 0 aliphatic carbocycles. The Hall–Kier alpha value is -3.22. The molecular formula is C20H18N4O3. The van der Waals surface area contributed by atoms with Crippen LogP contribution in [0, 0.1) is 0 Å². The zero-order chi connectivity index (χ0) is 18.6. The highest BCUT2D eigenvalue weighted by Gasteiger charge is 2.52. The second-order valence-corrected chi connectivity index (χ2v) is 7.18. The lowest BCUT2D eigenvalue weighted by Crippen LogP contribution is -2.53. The smallest absolute Gasteiger partial charge is 0.293 e. The fourth-order valence-corrected chi connectivity index (χ4v) is 4.42. The molecule has 2 aliphatic rings. The quantitative estimate of drug-likeness (QED) is 0.664. The van der Waals surface area contributed by atoms with E-state index in [4.69, 9.17) is 4.52 Å². The maximum atomic E-state index is 13.2. The molecule has 1 spiro atoms. The number of anilines is 1. The molecule has 1 aromatic carbocycles. The summed E-state index contributed by atoms with van der Waals surface area (Å²) in [5, 5.41) is 4.47. The number of amides is 2. The molecule has 27 heavy (non-hydrogen) atoms. The number of aromatic nitrogens is 2. The average molecular weight is 362 g/mol. The van der Waals surface area contributed by atoms with Crippen LogP contribution in [0.3, 0.4) is 0 Å². The Morgan fingerprint density at radius 3 is 2.96 bits per heavy atom. The number of hydrogen-bond donors (Lipinski definition) is 0. The van der Waals surface area contributed by atoms with Crippen molar-refractivity contribution >= 4 is 28.5 Å². The molecule has 1 unspecified atom stereocenters. The molecule has 0 N–H and O–H groups in total. The Morgan fingerprint density at radius 2 is 2.07 bits per heavy atom. The number of likely N-dealkylation sites (N-methyl/N-ethyl adjacent to an activating group) is 1. The van der Waals surface area contributed by atoms with E-state index in [1.807, 2.05) is 24.3 Å². The van der Waals surface area contributed by atoms with Gasteiger partial charge < -0.3 is 14.3 Å². The number of carbonyl (C=O) groups is 2. The van der Waals surface area contributed by atoms with Gasteiger partial charge in [0.1, 0.15) is 0 Å². The van der Waals surface area contributed by atoms with Gasteiger partial charge in [-0.05, 0) is 36.6 Å². The van der Waals surface area contributed by atoms with Crippen LogP contribution in [-0.4, -0.2) is 47.0 Å². The minimum atomic E-state index is -0.687. The third-order valence-corrected chi connectivity index (χ3v) is 5.72. The summed E-state index contributed by atoms with van der Waals surface area (Å²) >= 11 is 0. The lowest BCUT2D eigenvalue weighted by molar-refractivity contribution is -0.124. The molecule has 1 atom stereocenters. The van der Waals surface area contributed by atoms with Crippen LogP contribution in [0.25, 0.3) is 11.0 Å². The Bertz CT molecular complexity index is 1080. The standard InChI is InChI=1S/C20H18N4O3/c1-23-15-8-3-2-7-14(15)20(19(23)26)9-5-11-24(12-20)18(25)16-13-6-4-10-21-17(13)22-27-16/h2-4,6-8,10H,5,9,11-12H2,1H3. The SMILES string of the molecule is CN1C(=O)C2(CCCN(C(=O)c3onc4ncccc34)C2)c2ccccc21. The predicted octanol–water partition coefficient (Wildman–Crippen LogP) is 2.37. The third-order valence-electron chi connectivity index (χ3n) is 5.72. The molecule has 0 bridgehead atoms. The summed E-state index contributed by atoms with van der Waals surface area (Å²) in [6.07, 6.45) is 3.10. The average Bonchev–Trinajstić information content (AvgIpc) is 3.23. The van der Waals surface area contributed by atoms with Crippen LogP contribution in [0.2, 0.25) is 0 Å². The van der Waals surface area contributed by atoms with Gasteiger partial charge in [-0.15, -0.1) is 0 Å². The summed E-state index contributed by atoms with van der Waals surface area (Å²) in [7, 11) is 1.80. The van der Waals surface area contributed by atoms with E-state index in [2.05, 4.69) is 10.1 Å². The molecule has 0 saturated carbocycles. The first-order valence-corrected chi connectivity index (χ1v) is 8.99. The summed E-state index contributed by atoms with van der Waals surface area (Å²) in [4.78, 5) is 33.8. The highest BCUT2D eigenvalue weighted by molar-refractivity contribution is 6.09. The van der Waals surface area contributed by atoms with Gasteiger partial charge in [0.25, 0.3) is 5.91 Å². The monoisotopic (exact) mass is 362 g/mol. The topological polar surface area (TPSA) is 79.5 Å². The second kappa shape index (κ2) is 5.64. The van der Waals surface area contributed by atoms with Crippen molar-refractivity contribution in [1.29, 1.82) is 0 Å². The fourth-order valence-electron chi connectivity index (χ4n) is 4.42. The molecule has 5 rings (SSSR count). The summed E-state index contributed by atoms with van der Waals surface area (Å²) in [6, 6.07) is 11.4. The molecule has 3 aromatic rings. The van der Waals surface area contributed by atoms with E-state index in [-0.39, 0.29) is 17.6 Å². The van der Waals surface area contributed by atoms with E-state index in [1.165, 1.54) is 0 Å². The zero-order valence-electron chi connectivity index (χ0n) is 14.9. The molecule has 2 aliphatic heterocycles. The van der Waals surface area contributed by atoms with Gasteiger partial charge in [0, 0.05) is 32.0 Å². The van der Waals surface area contributed by atoms with Gasteiger partial charge in [-0.2, -0.15) is 0 Å². The van der Waals surface area contributed by atoms with Crippen molar-refractivity contribution in [2.75, 3.05) is 25.0 Å². The Labute approximate surface area is 155 Å². The first kappa shape index (κ1) is 16.0. The number of fused-ring (bicyclic) bond motifs is 3. The second-order valence-electron chi connectivity index (χ2n) is 7.18. The zero-order valence-corrected chi connectivity index (χ0v) is 14.9. The van der Waals surface area contributed by atoms with Gasteiger partial charge >= 0.3 is 0 Å². The number of piperidine rings is 1. The molecule has 2 amide bonds. The van der Waals surface area contributed by atoms with E-state index in [9.17, 15) is 9.59 Å². The Morgan fingerprint density at radius 1 is 1.22 bits per heavy atom. The van der Waals surface area contributed by atoms with Gasteiger partial charge in [-0.25, -0.2) is 4.98 Å². The molecule has 1 saturated heterocycles. The minimum Gasteiger partial charge on any atom is -0.348 e. The van der Waals surface area contributed by atoms with Crippen LogP contribution in [0.1, 0.15) is 29.0 Å². The van der Waals surface area contributed by atoms with E-state index >= 15 is 0 Å². The lowest BCUT2D eigenvalue weighted by Gasteiger charge is -2.39. The maximum absolute atomic E-state index is 13.2. The van der Waals surface area contributed by atoms with Crippen molar-refractivity contribution in [3.63, 3.8) is 0 Å². The highest BCUT2D eigenvalue weighted by Crippen LogP contribution is 2.46. The van der Waals surface area contributed by atoms with Gasteiger partial charge in [-0.1, -0.05) is 23.4 Å². The van der Waals surface area contributed by atoms with Crippen molar-refractivity contribution in [3.8, 4) is 0 Å². The summed E-state index contributed by atoms with van der Waals surface area (Å²) in [5.41, 5.74) is 1.65. The number of likely N-dealkylation sites (tertiary alicyclic amines) is 1. The molecule has 2 aromatic heterocycles. The van der Waals surface area contributed by atoms with Crippen LogP contribution in [0.15, 0.2) is 47.1 Å². The lowest BCUT2D eigenvalue weighted by atomic mass is 9.75. The first-order valence-electron chi connectivity index (χ1n) is 8.99. The van der Waals surface area contributed by atoms with Gasteiger partial charge in [0.15, 0.2) is 0 Å². The predicted molar refractivity (Wildman–Crippen MR) is 98.5 cm³/mol. The van der Waals surface area contributed by atoms with Crippen molar-refractivity contribution in [1.82, 2.24) is 15.0 Å². The van der Waals surface area contributed by atoms with Crippen molar-refractivity contribution < 1.29 is 14.1 Å². The number of nitrogens with zero attached hydrogens (tertiary/aromatic N) is 4. The van der Waals surface area contributed by atoms with E-state index in [0.717, 1.165) is 24.1 Å². The maximum Gasteiger partial charge on any atom is 0.293 e. The van der Waals surface area contributed by atoms with Crippen molar-refractivity contribution in [2.24, 2.45) is 0 Å². The summed E-state index contributed by atoms with van der Waals surface area (Å²) in [6.45, 7) is 0.927. The largest absolute Gasteiger partial charge is 0.348 e. The number of benzene rings is 1. The van der Waals surface area contributed by atoms with Crippen molar-refractivity contribution in [3.05, 3.63) is 53.9 Å². The van der Waals surface area contributed by atoms with Crippen molar-refractivity contribution in [2.45, 2.75) is 18.3 Å². The van der Waals surface area contributed by atoms with Crippen LogP contribution >= 0.6 is 0 Å². The van der Waals surface area contributed by atoms with E-state index in [1.54, 1.807) is 35.2 Å². The summed E-state index contributed by atoms with van der Waals surface area (Å²) in [5.74, 6) is -0.0167. The molecule has 4 heterocycles. The highest BCUT2D eigenvalue weighted by atomic mass is 16.5. The fraction of sp³-hybridized carbons (Fsp3) is 0.300. The van der Waals surface area contributed by atoms with Crippen LogP contribution in [0.5, 0.6) is 0 Å². The molecular weight excluding hydrogens is 344 g/mol. The number of carbonyl (C=O) groups excluding carboxylic acids is 2. The molecule has 7 heteroatoms. The normalized spacial score (nSPS) is 21.9. The molecule has 1 fully saturated rings. The van der Waals surface area contributed by atoms with Crippen LogP contribution < -0.4 is 4.90 Å². The Balaban J connectivity index is 1.53. The number of hydrogen-bond acceptors (Lipinski definition) is 5. The molecule has 136 valence electrons. The van der Waals surface area contributed by atoms with E-state index in [0.29, 0.717) is 24.1 Å². The molecule has 7 nitrogen and oxygen atoms in total. The van der Waals surface area contributed by atoms with Crippen LogP contribution in [0.4, 0.5) is 5.69 Å². The Kier molecular flexibility index (Phi) is 3.34. The van der Waals surface area contributed by atoms with E-state index < -0.39 is 5.41 Å². The summed E-state index contributed by atoms with van der Waals surface area (Å²) < 4.78 is 5.30. The number of para-hydroxylation sites is 1. The third kappa shape index (κ3) is 2.14. The molecule has 0 radical (unpaired) electrons. The number of pyridine rings is 1. The minimum absolute atomic E-state index is 0.0466. The van der Waals surface area contributed by atoms with Gasteiger partial charge in [0.2, 0.25) is 17.3 Å². The number of rotatable bonds is 1. The first-order chi connectivity index (χ1) is 13.1. The van der Waals surface area contributed by atoms with Crippen LogP contribution in [-0.2, 0) is 10.2 Å². The van der Waals surface area contributed by atoms with Gasteiger partial charge in [-0.3, -0.25) is 9.59 Å². The van der Waals surface area contributed by atoms with Gasteiger partial charge in [0.05, 0.1) is 10.8 Å².